The van der Waals surface area contributed by atoms with Crippen molar-refractivity contribution >= 4 is 33.3 Å². The quantitative estimate of drug-likeness (QED) is 0.573. The first-order valence-electron chi connectivity index (χ1n) is 7.08. The van der Waals surface area contributed by atoms with Crippen LogP contribution in [-0.2, 0) is 18.8 Å². The zero-order chi connectivity index (χ0) is 16.4. The summed E-state index contributed by atoms with van der Waals surface area (Å²) in [5.74, 6) is -0.187. The van der Waals surface area contributed by atoms with E-state index >= 15 is 0 Å². The Bertz CT molecular complexity index is 408. The lowest BCUT2D eigenvalue weighted by Gasteiger charge is -2.51. The van der Waals surface area contributed by atoms with Crippen LogP contribution in [0.5, 0.6) is 0 Å². The molecule has 1 heterocycles. The molecule has 0 aromatic rings. The van der Waals surface area contributed by atoms with E-state index in [1.165, 1.54) is 7.11 Å². The van der Waals surface area contributed by atoms with Crippen molar-refractivity contribution < 1.29 is 18.8 Å². The van der Waals surface area contributed by atoms with Crippen LogP contribution in [0.2, 0.25) is 0 Å². The molecule has 0 bridgehead atoms. The Morgan fingerprint density at radius 2 is 1.95 bits per heavy atom. The molecule has 1 aliphatic heterocycles. The highest BCUT2D eigenvalue weighted by atomic mass is 32.2. The van der Waals surface area contributed by atoms with Crippen molar-refractivity contribution in [1.82, 2.24) is 5.32 Å². The fraction of sp³-hybridized carbons (Fsp3) is 0.857. The molecule has 0 saturated carbocycles. The van der Waals surface area contributed by atoms with Crippen LogP contribution in [0, 0.1) is 17.3 Å². The van der Waals surface area contributed by atoms with E-state index in [0.717, 1.165) is 11.8 Å². The molecule has 122 valence electrons. The summed E-state index contributed by atoms with van der Waals surface area (Å²) in [6, 6.07) is 0. The minimum absolute atomic E-state index is 0.00411. The SMILES string of the molecule is COCC(=O)S[C@H]1NC(=O)[C@@H]1C(C(C)(C)C)C(C)(C)O[SiH3]. The number of hydrogen-bond donors (Lipinski definition) is 1. The fourth-order valence-electron chi connectivity index (χ4n) is 3.23. The summed E-state index contributed by atoms with van der Waals surface area (Å²) in [7, 11) is 2.10. The van der Waals surface area contributed by atoms with Gasteiger partial charge in [-0.1, -0.05) is 32.5 Å². The lowest BCUT2D eigenvalue weighted by molar-refractivity contribution is -0.145. The minimum atomic E-state index is -0.393. The summed E-state index contributed by atoms with van der Waals surface area (Å²) >= 11 is 1.15. The molecular formula is C14H27NO4SSi. The number of carbonyl (C=O) groups excluding carboxylic acids is 2. The van der Waals surface area contributed by atoms with E-state index in [1.807, 2.05) is 13.8 Å². The molecule has 1 unspecified atom stereocenters. The number of ether oxygens (including phenoxy) is 1. The Morgan fingerprint density at radius 1 is 1.38 bits per heavy atom. The Labute approximate surface area is 134 Å². The minimum Gasteiger partial charge on any atom is -0.423 e. The summed E-state index contributed by atoms with van der Waals surface area (Å²) < 4.78 is 10.6. The molecule has 0 spiro atoms. The summed E-state index contributed by atoms with van der Waals surface area (Å²) in [6.45, 7) is 10.5. The lowest BCUT2D eigenvalue weighted by Crippen LogP contribution is -2.65. The van der Waals surface area contributed by atoms with Crippen molar-refractivity contribution in [2.45, 2.75) is 45.6 Å². The van der Waals surface area contributed by atoms with Gasteiger partial charge in [0.1, 0.15) is 17.1 Å². The van der Waals surface area contributed by atoms with Gasteiger partial charge in [-0.25, -0.2) is 0 Å². The molecular weight excluding hydrogens is 306 g/mol. The third-order valence-electron chi connectivity index (χ3n) is 4.00. The predicted octanol–water partition coefficient (Wildman–Crippen LogP) is 0.703. The number of nitrogens with one attached hydrogen (secondary N) is 1. The zero-order valence-electron chi connectivity index (χ0n) is 14.0. The molecule has 21 heavy (non-hydrogen) atoms. The summed E-state index contributed by atoms with van der Waals surface area (Å²) in [6.07, 6.45) is 0. The fourth-order valence-corrected chi connectivity index (χ4v) is 4.56. The van der Waals surface area contributed by atoms with Crippen molar-refractivity contribution in [2.75, 3.05) is 13.7 Å². The second kappa shape index (κ2) is 6.81. The molecule has 1 fully saturated rings. The maximum Gasteiger partial charge on any atom is 0.227 e. The van der Waals surface area contributed by atoms with Crippen LogP contribution in [0.4, 0.5) is 0 Å². The molecule has 0 aromatic heterocycles. The van der Waals surface area contributed by atoms with E-state index in [1.54, 1.807) is 0 Å². The van der Waals surface area contributed by atoms with Gasteiger partial charge in [0, 0.05) is 13.0 Å². The largest absolute Gasteiger partial charge is 0.423 e. The number of β-lactam (4-membered cyclic amide) rings is 1. The molecule has 3 atom stereocenters. The van der Waals surface area contributed by atoms with E-state index in [9.17, 15) is 9.59 Å². The Balaban J connectivity index is 2.95. The lowest BCUT2D eigenvalue weighted by atomic mass is 9.63. The highest BCUT2D eigenvalue weighted by Crippen LogP contribution is 2.47. The Kier molecular flexibility index (Phi) is 6.05. The van der Waals surface area contributed by atoms with Crippen molar-refractivity contribution in [2.24, 2.45) is 17.3 Å². The third-order valence-corrected chi connectivity index (χ3v) is 6.10. The molecule has 0 aliphatic carbocycles. The van der Waals surface area contributed by atoms with Crippen LogP contribution in [0.1, 0.15) is 34.6 Å². The van der Waals surface area contributed by atoms with Gasteiger partial charge < -0.3 is 14.5 Å². The monoisotopic (exact) mass is 333 g/mol. The molecule has 1 amide bonds. The normalized spacial score (nSPS) is 24.4. The number of carbonyl (C=O) groups is 2. The molecule has 5 nitrogen and oxygen atoms in total. The van der Waals surface area contributed by atoms with Crippen LogP contribution >= 0.6 is 11.8 Å². The molecule has 1 aliphatic rings. The number of rotatable bonds is 6. The van der Waals surface area contributed by atoms with Gasteiger partial charge in [-0.3, -0.25) is 9.59 Å². The smallest absolute Gasteiger partial charge is 0.227 e. The van der Waals surface area contributed by atoms with Gasteiger partial charge in [-0.2, -0.15) is 0 Å². The average molecular weight is 334 g/mol. The van der Waals surface area contributed by atoms with Crippen LogP contribution < -0.4 is 5.32 Å². The molecule has 1 N–H and O–H groups in total. The van der Waals surface area contributed by atoms with Crippen molar-refractivity contribution in [3.8, 4) is 0 Å². The highest BCUT2D eigenvalue weighted by Gasteiger charge is 2.54. The standard InChI is InChI=1S/C14H27NO4SSi/c1-13(2,3)10(14(4,5)19-21)9-11(17)15-12(9)20-8(16)7-18-6/h9-10,12H,7H2,1-6,21H3,(H,15,17)/t9-,10?,12+/m0/s1. The van der Waals surface area contributed by atoms with Crippen LogP contribution in [0.3, 0.4) is 0 Å². The number of amides is 1. The number of methoxy groups -OCH3 is 1. The first-order chi connectivity index (χ1) is 9.54. The van der Waals surface area contributed by atoms with E-state index < -0.39 is 5.60 Å². The maximum absolute atomic E-state index is 12.1. The van der Waals surface area contributed by atoms with E-state index in [-0.39, 0.29) is 40.3 Å². The first-order valence-corrected chi connectivity index (χ1v) is 8.78. The maximum atomic E-state index is 12.1. The Morgan fingerprint density at radius 3 is 2.33 bits per heavy atom. The van der Waals surface area contributed by atoms with Gasteiger partial charge in [0.25, 0.3) is 0 Å². The Hall–Kier alpha value is -0.373. The van der Waals surface area contributed by atoms with E-state index in [4.69, 9.17) is 9.16 Å². The molecule has 0 aromatic carbocycles. The molecule has 7 heteroatoms. The van der Waals surface area contributed by atoms with E-state index in [2.05, 4.69) is 26.1 Å². The van der Waals surface area contributed by atoms with Crippen LogP contribution in [-0.4, -0.2) is 46.2 Å². The summed E-state index contributed by atoms with van der Waals surface area (Å²) in [4.78, 5) is 23.9. The summed E-state index contributed by atoms with van der Waals surface area (Å²) in [5.41, 5.74) is -0.491. The summed E-state index contributed by atoms with van der Waals surface area (Å²) in [5, 5.41) is 2.58. The average Bonchev–Trinajstić information content (AvgIpc) is 2.34. The zero-order valence-corrected chi connectivity index (χ0v) is 16.8. The third kappa shape index (κ3) is 4.31. The van der Waals surface area contributed by atoms with Crippen LogP contribution in [0.25, 0.3) is 0 Å². The molecule has 1 rings (SSSR count). The second-order valence-electron chi connectivity index (χ2n) is 7.03. The molecule has 1 saturated heterocycles. The van der Waals surface area contributed by atoms with Crippen molar-refractivity contribution in [3.63, 3.8) is 0 Å². The number of thioether (sulfide) groups is 1. The van der Waals surface area contributed by atoms with Gasteiger partial charge in [-0.05, 0) is 19.3 Å². The van der Waals surface area contributed by atoms with Gasteiger partial charge >= 0.3 is 0 Å². The molecule has 0 radical (unpaired) electrons. The van der Waals surface area contributed by atoms with Gasteiger partial charge in [-0.15, -0.1) is 0 Å². The van der Waals surface area contributed by atoms with Crippen molar-refractivity contribution in [1.29, 1.82) is 0 Å². The van der Waals surface area contributed by atoms with Gasteiger partial charge in [0.15, 0.2) is 0 Å². The van der Waals surface area contributed by atoms with Gasteiger partial charge in [0.2, 0.25) is 11.0 Å². The van der Waals surface area contributed by atoms with E-state index in [0.29, 0.717) is 10.5 Å². The second-order valence-corrected chi connectivity index (χ2v) is 8.64. The van der Waals surface area contributed by atoms with Crippen molar-refractivity contribution in [3.05, 3.63) is 0 Å². The number of hydrogen-bond acceptors (Lipinski definition) is 5. The highest BCUT2D eigenvalue weighted by molar-refractivity contribution is 8.14. The topological polar surface area (TPSA) is 64.6 Å². The predicted molar refractivity (Wildman–Crippen MR) is 87.9 cm³/mol. The van der Waals surface area contributed by atoms with Crippen LogP contribution in [0.15, 0.2) is 0 Å². The van der Waals surface area contributed by atoms with Gasteiger partial charge in [0.05, 0.1) is 16.9 Å². The first kappa shape index (κ1) is 18.7.